The van der Waals surface area contributed by atoms with Crippen LogP contribution in [0.25, 0.3) is 0 Å². The van der Waals surface area contributed by atoms with E-state index in [0.29, 0.717) is 19.3 Å². The lowest BCUT2D eigenvalue weighted by Gasteiger charge is -2.18. The Morgan fingerprint density at radius 1 is 0.356 bits per heavy atom. The first kappa shape index (κ1) is 57.4. The molecule has 0 aromatic heterocycles. The Morgan fingerprint density at radius 2 is 0.644 bits per heavy atom. The second-order valence-corrected chi connectivity index (χ2v) is 18.9. The van der Waals surface area contributed by atoms with E-state index in [0.717, 1.165) is 69.6 Å². The summed E-state index contributed by atoms with van der Waals surface area (Å²) in [7, 11) is 0. The van der Waals surface area contributed by atoms with Gasteiger partial charge in [-0.05, 0) is 31.1 Å². The SMILES string of the molecule is CCCCCCCCCCCCCCCCCCC(=O)OC[C@H](COC(=O)CCCCCCCCCCC(C)CC)OC(=O)CCCCCCCCCCCCC(C)C. The molecule has 350 valence electrons. The average Bonchev–Trinajstić information content (AvgIpc) is 3.22. The minimum Gasteiger partial charge on any atom is -0.462 e. The quantitative estimate of drug-likeness (QED) is 0.0345. The van der Waals surface area contributed by atoms with E-state index in [1.807, 2.05) is 0 Å². The summed E-state index contributed by atoms with van der Waals surface area (Å²) in [5, 5.41) is 0. The molecule has 0 aromatic carbocycles. The van der Waals surface area contributed by atoms with E-state index in [-0.39, 0.29) is 31.1 Å². The predicted molar refractivity (Wildman–Crippen MR) is 252 cm³/mol. The molecule has 0 aliphatic heterocycles. The number of carbonyl (C=O) groups is 3. The van der Waals surface area contributed by atoms with Crippen LogP contribution in [-0.4, -0.2) is 37.2 Å². The first-order valence-corrected chi connectivity index (χ1v) is 26.3. The Kier molecular flexibility index (Phi) is 44.7. The van der Waals surface area contributed by atoms with Crippen molar-refractivity contribution in [1.82, 2.24) is 0 Å². The number of carbonyl (C=O) groups excluding carboxylic acids is 3. The molecule has 59 heavy (non-hydrogen) atoms. The van der Waals surface area contributed by atoms with E-state index in [1.165, 1.54) is 180 Å². The molecule has 2 atom stereocenters. The Hall–Kier alpha value is -1.59. The third kappa shape index (κ3) is 45.8. The molecular formula is C53H102O6. The molecule has 0 saturated carbocycles. The van der Waals surface area contributed by atoms with Crippen molar-refractivity contribution in [2.75, 3.05) is 13.2 Å². The van der Waals surface area contributed by atoms with Crippen molar-refractivity contribution in [3.8, 4) is 0 Å². The van der Waals surface area contributed by atoms with E-state index in [9.17, 15) is 14.4 Å². The van der Waals surface area contributed by atoms with Gasteiger partial charge in [0.2, 0.25) is 0 Å². The minimum atomic E-state index is -0.762. The fourth-order valence-electron chi connectivity index (χ4n) is 7.96. The normalized spacial score (nSPS) is 12.5. The van der Waals surface area contributed by atoms with Gasteiger partial charge in [-0.25, -0.2) is 0 Å². The Balaban J connectivity index is 4.31. The highest BCUT2D eigenvalue weighted by Gasteiger charge is 2.19. The van der Waals surface area contributed by atoms with Crippen LogP contribution in [0.2, 0.25) is 0 Å². The predicted octanol–water partition coefficient (Wildman–Crippen LogP) is 16.9. The summed E-state index contributed by atoms with van der Waals surface area (Å²) in [6, 6.07) is 0. The first-order valence-electron chi connectivity index (χ1n) is 26.3. The van der Waals surface area contributed by atoms with Gasteiger partial charge in [0.25, 0.3) is 0 Å². The molecule has 0 aliphatic rings. The lowest BCUT2D eigenvalue weighted by Crippen LogP contribution is -2.30. The summed E-state index contributed by atoms with van der Waals surface area (Å²) in [5.41, 5.74) is 0. The third-order valence-electron chi connectivity index (χ3n) is 12.3. The maximum Gasteiger partial charge on any atom is 0.306 e. The minimum absolute atomic E-state index is 0.0640. The number of esters is 3. The summed E-state index contributed by atoms with van der Waals surface area (Å²) in [6.07, 6.45) is 46.5. The van der Waals surface area contributed by atoms with Crippen LogP contribution in [0, 0.1) is 11.8 Å². The molecule has 0 amide bonds. The summed E-state index contributed by atoms with van der Waals surface area (Å²) in [5.74, 6) is 0.815. The van der Waals surface area contributed by atoms with Crippen LogP contribution in [-0.2, 0) is 28.6 Å². The van der Waals surface area contributed by atoms with Crippen molar-refractivity contribution in [3.05, 3.63) is 0 Å². The highest BCUT2D eigenvalue weighted by Crippen LogP contribution is 2.18. The molecule has 0 aromatic rings. The number of rotatable bonds is 47. The Bertz CT molecular complexity index is 902. The monoisotopic (exact) mass is 835 g/mol. The standard InChI is InChI=1S/C53H102O6/c1-6-8-9-10-11-12-13-14-15-16-17-18-22-28-33-38-43-51(54)57-46-50(47-58-52(55)44-39-34-29-25-24-27-32-37-42-49(5)7-2)59-53(56)45-40-35-30-23-20-19-21-26-31-36-41-48(3)4/h48-50H,6-47H2,1-5H3/t49?,50-/m1/s1. The highest BCUT2D eigenvalue weighted by atomic mass is 16.6. The van der Waals surface area contributed by atoms with Crippen LogP contribution in [0.5, 0.6) is 0 Å². The van der Waals surface area contributed by atoms with Gasteiger partial charge in [-0.3, -0.25) is 14.4 Å². The molecular weight excluding hydrogens is 733 g/mol. The molecule has 0 spiro atoms. The van der Waals surface area contributed by atoms with Gasteiger partial charge in [-0.1, -0.05) is 253 Å². The molecule has 1 unspecified atom stereocenters. The van der Waals surface area contributed by atoms with Gasteiger partial charge in [0.1, 0.15) is 13.2 Å². The lowest BCUT2D eigenvalue weighted by molar-refractivity contribution is -0.167. The van der Waals surface area contributed by atoms with E-state index < -0.39 is 6.10 Å². The van der Waals surface area contributed by atoms with Gasteiger partial charge in [-0.15, -0.1) is 0 Å². The fourth-order valence-corrected chi connectivity index (χ4v) is 7.96. The maximum atomic E-state index is 12.8. The summed E-state index contributed by atoms with van der Waals surface area (Å²) in [4.78, 5) is 38.0. The molecule has 0 N–H and O–H groups in total. The van der Waals surface area contributed by atoms with Crippen molar-refractivity contribution in [2.24, 2.45) is 11.8 Å². The van der Waals surface area contributed by atoms with Gasteiger partial charge >= 0.3 is 17.9 Å². The average molecular weight is 835 g/mol. The lowest BCUT2D eigenvalue weighted by atomic mass is 9.99. The van der Waals surface area contributed by atoms with E-state index in [1.54, 1.807) is 0 Å². The second kappa shape index (κ2) is 45.9. The van der Waals surface area contributed by atoms with Crippen molar-refractivity contribution in [1.29, 1.82) is 0 Å². The van der Waals surface area contributed by atoms with Gasteiger partial charge in [-0.2, -0.15) is 0 Å². The largest absolute Gasteiger partial charge is 0.462 e. The van der Waals surface area contributed by atoms with E-state index in [2.05, 4.69) is 34.6 Å². The van der Waals surface area contributed by atoms with Gasteiger partial charge in [0, 0.05) is 19.3 Å². The summed E-state index contributed by atoms with van der Waals surface area (Å²) in [6.45, 7) is 11.4. The van der Waals surface area contributed by atoms with Crippen LogP contribution in [0.4, 0.5) is 0 Å². The van der Waals surface area contributed by atoms with E-state index in [4.69, 9.17) is 14.2 Å². The number of ether oxygens (including phenoxy) is 3. The van der Waals surface area contributed by atoms with Crippen LogP contribution >= 0.6 is 0 Å². The molecule has 0 bridgehead atoms. The molecule has 0 rings (SSSR count). The maximum absolute atomic E-state index is 12.8. The van der Waals surface area contributed by atoms with Crippen molar-refractivity contribution in [2.45, 2.75) is 298 Å². The highest BCUT2D eigenvalue weighted by molar-refractivity contribution is 5.71. The van der Waals surface area contributed by atoms with Gasteiger partial charge < -0.3 is 14.2 Å². The van der Waals surface area contributed by atoms with Crippen molar-refractivity contribution >= 4 is 17.9 Å². The molecule has 0 aliphatic carbocycles. The zero-order chi connectivity index (χ0) is 43.3. The smallest absolute Gasteiger partial charge is 0.306 e. The molecule has 0 heterocycles. The summed E-state index contributed by atoms with van der Waals surface area (Å²) < 4.78 is 16.8. The number of hydrogen-bond acceptors (Lipinski definition) is 6. The molecule has 0 fully saturated rings. The topological polar surface area (TPSA) is 78.9 Å². The van der Waals surface area contributed by atoms with Gasteiger partial charge in [0.15, 0.2) is 6.10 Å². The van der Waals surface area contributed by atoms with Crippen LogP contribution < -0.4 is 0 Å². The fraction of sp³-hybridized carbons (Fsp3) is 0.943. The van der Waals surface area contributed by atoms with Crippen molar-refractivity contribution in [3.63, 3.8) is 0 Å². The van der Waals surface area contributed by atoms with Crippen LogP contribution in [0.15, 0.2) is 0 Å². The van der Waals surface area contributed by atoms with Crippen LogP contribution in [0.1, 0.15) is 291 Å². The molecule has 0 radical (unpaired) electrons. The first-order chi connectivity index (χ1) is 28.8. The molecule has 0 saturated heterocycles. The number of hydrogen-bond donors (Lipinski definition) is 0. The molecule has 6 nitrogen and oxygen atoms in total. The molecule has 6 heteroatoms. The zero-order valence-electron chi connectivity index (χ0n) is 40.4. The Morgan fingerprint density at radius 3 is 0.966 bits per heavy atom. The van der Waals surface area contributed by atoms with Crippen molar-refractivity contribution < 1.29 is 28.6 Å². The summed E-state index contributed by atoms with van der Waals surface area (Å²) >= 11 is 0. The van der Waals surface area contributed by atoms with Gasteiger partial charge in [0.05, 0.1) is 0 Å². The Labute approximate surface area is 368 Å². The second-order valence-electron chi connectivity index (χ2n) is 18.9. The zero-order valence-corrected chi connectivity index (χ0v) is 40.4. The number of unbranched alkanes of at least 4 members (excludes halogenated alkanes) is 31. The van der Waals surface area contributed by atoms with Crippen LogP contribution in [0.3, 0.4) is 0 Å². The third-order valence-corrected chi connectivity index (χ3v) is 12.3. The van der Waals surface area contributed by atoms with E-state index >= 15 is 0 Å².